The number of carboxylic acids is 1. The molecular formula is C11H12N2O4. The van der Waals surface area contributed by atoms with Crippen LogP contribution in [0, 0.1) is 13.8 Å². The summed E-state index contributed by atoms with van der Waals surface area (Å²) in [6.07, 6.45) is 0.253. The van der Waals surface area contributed by atoms with E-state index in [2.05, 4.69) is 10.5 Å². The number of nitrogens with zero attached hydrogens (tertiary/aromatic N) is 1. The topological polar surface area (TPSA) is 92.4 Å². The van der Waals surface area contributed by atoms with Crippen LogP contribution in [0.15, 0.2) is 15.8 Å². The first-order chi connectivity index (χ1) is 7.99. The Hall–Kier alpha value is -2.11. The van der Waals surface area contributed by atoms with E-state index in [0.717, 1.165) is 5.56 Å². The maximum Gasteiger partial charge on any atom is 0.333 e. The Balaban J connectivity index is 2.32. The van der Waals surface area contributed by atoms with E-state index in [-0.39, 0.29) is 17.9 Å². The Kier molecular flexibility index (Phi) is 2.71. The van der Waals surface area contributed by atoms with Gasteiger partial charge in [-0.1, -0.05) is 5.16 Å². The van der Waals surface area contributed by atoms with Crippen LogP contribution in [-0.2, 0) is 16.0 Å². The van der Waals surface area contributed by atoms with Crippen molar-refractivity contribution in [2.24, 2.45) is 0 Å². The molecule has 90 valence electrons. The quantitative estimate of drug-likeness (QED) is 0.805. The SMILES string of the molecule is Cc1noc(C)c1CC1=C(C(=O)O)CC(=O)N1. The maximum atomic E-state index is 11.2. The lowest BCUT2D eigenvalue weighted by Gasteiger charge is -2.03. The Labute approximate surface area is 97.3 Å². The fourth-order valence-corrected chi connectivity index (χ4v) is 1.84. The van der Waals surface area contributed by atoms with Crippen LogP contribution in [0.25, 0.3) is 0 Å². The molecule has 1 aromatic rings. The monoisotopic (exact) mass is 236 g/mol. The van der Waals surface area contributed by atoms with Gasteiger partial charge in [-0.2, -0.15) is 0 Å². The van der Waals surface area contributed by atoms with Crippen molar-refractivity contribution >= 4 is 11.9 Å². The maximum absolute atomic E-state index is 11.2. The van der Waals surface area contributed by atoms with E-state index in [1.807, 2.05) is 0 Å². The Morgan fingerprint density at radius 3 is 2.76 bits per heavy atom. The van der Waals surface area contributed by atoms with Crippen molar-refractivity contribution < 1.29 is 19.2 Å². The second-order valence-corrected chi connectivity index (χ2v) is 3.97. The Morgan fingerprint density at radius 2 is 2.24 bits per heavy atom. The number of hydrogen-bond donors (Lipinski definition) is 2. The predicted molar refractivity (Wildman–Crippen MR) is 57.1 cm³/mol. The molecule has 2 N–H and O–H groups in total. The minimum absolute atomic E-state index is 0.0754. The number of rotatable bonds is 3. The van der Waals surface area contributed by atoms with Crippen molar-refractivity contribution in [1.82, 2.24) is 10.5 Å². The first kappa shape index (κ1) is 11.4. The molecular weight excluding hydrogens is 224 g/mol. The third-order valence-corrected chi connectivity index (χ3v) is 2.78. The summed E-state index contributed by atoms with van der Waals surface area (Å²) in [5.74, 6) is -0.713. The van der Waals surface area contributed by atoms with E-state index in [0.29, 0.717) is 23.6 Å². The predicted octanol–water partition coefficient (Wildman–Crippen LogP) is 0.693. The largest absolute Gasteiger partial charge is 0.478 e. The number of aryl methyl sites for hydroxylation is 2. The van der Waals surface area contributed by atoms with Crippen LogP contribution in [0.2, 0.25) is 0 Å². The van der Waals surface area contributed by atoms with Crippen molar-refractivity contribution in [3.8, 4) is 0 Å². The molecule has 0 saturated heterocycles. The molecule has 1 amide bonds. The van der Waals surface area contributed by atoms with Gasteiger partial charge in [0.2, 0.25) is 5.91 Å². The summed E-state index contributed by atoms with van der Waals surface area (Å²) in [5.41, 5.74) is 2.08. The van der Waals surface area contributed by atoms with Gasteiger partial charge in [0, 0.05) is 17.7 Å². The average molecular weight is 236 g/mol. The molecule has 6 nitrogen and oxygen atoms in total. The van der Waals surface area contributed by atoms with Gasteiger partial charge < -0.3 is 14.9 Å². The summed E-state index contributed by atoms with van der Waals surface area (Å²) in [5, 5.41) is 15.3. The molecule has 0 spiro atoms. The normalized spacial score (nSPS) is 15.3. The van der Waals surface area contributed by atoms with Crippen molar-refractivity contribution in [1.29, 1.82) is 0 Å². The molecule has 0 atom stereocenters. The van der Waals surface area contributed by atoms with Crippen LogP contribution in [0.5, 0.6) is 0 Å². The van der Waals surface area contributed by atoms with Gasteiger partial charge >= 0.3 is 5.97 Å². The van der Waals surface area contributed by atoms with Crippen molar-refractivity contribution in [3.05, 3.63) is 28.3 Å². The zero-order valence-corrected chi connectivity index (χ0v) is 9.53. The van der Waals surface area contributed by atoms with Gasteiger partial charge in [-0.05, 0) is 13.8 Å². The van der Waals surface area contributed by atoms with Crippen LogP contribution >= 0.6 is 0 Å². The molecule has 0 aromatic carbocycles. The van der Waals surface area contributed by atoms with E-state index in [4.69, 9.17) is 9.63 Å². The lowest BCUT2D eigenvalue weighted by atomic mass is 10.1. The minimum Gasteiger partial charge on any atom is -0.478 e. The molecule has 1 aliphatic rings. The van der Waals surface area contributed by atoms with Gasteiger partial charge in [0.1, 0.15) is 5.76 Å². The Morgan fingerprint density at radius 1 is 1.53 bits per heavy atom. The summed E-state index contributed by atoms with van der Waals surface area (Å²) < 4.78 is 5.00. The number of aliphatic carboxylic acids is 1. The van der Waals surface area contributed by atoms with E-state index in [1.165, 1.54) is 0 Å². The highest BCUT2D eigenvalue weighted by molar-refractivity contribution is 5.99. The minimum atomic E-state index is -1.06. The third-order valence-electron chi connectivity index (χ3n) is 2.78. The van der Waals surface area contributed by atoms with Crippen LogP contribution < -0.4 is 5.32 Å². The van der Waals surface area contributed by atoms with Crippen molar-refractivity contribution in [3.63, 3.8) is 0 Å². The number of aromatic nitrogens is 1. The highest BCUT2D eigenvalue weighted by Crippen LogP contribution is 2.22. The molecule has 0 radical (unpaired) electrons. The van der Waals surface area contributed by atoms with Crippen LogP contribution in [0.4, 0.5) is 0 Å². The molecule has 2 heterocycles. The number of carbonyl (C=O) groups excluding carboxylic acids is 1. The third kappa shape index (κ3) is 2.06. The lowest BCUT2D eigenvalue weighted by Crippen LogP contribution is -2.16. The van der Waals surface area contributed by atoms with Crippen LogP contribution in [0.1, 0.15) is 23.4 Å². The molecule has 6 heteroatoms. The smallest absolute Gasteiger partial charge is 0.333 e. The van der Waals surface area contributed by atoms with Gasteiger partial charge in [-0.3, -0.25) is 4.79 Å². The summed E-state index contributed by atoms with van der Waals surface area (Å²) in [6.45, 7) is 3.54. The van der Waals surface area contributed by atoms with Gasteiger partial charge in [0.25, 0.3) is 0 Å². The summed E-state index contributed by atoms with van der Waals surface area (Å²) in [7, 11) is 0. The summed E-state index contributed by atoms with van der Waals surface area (Å²) in [6, 6.07) is 0. The first-order valence-electron chi connectivity index (χ1n) is 5.16. The number of carbonyl (C=O) groups is 2. The fraction of sp³-hybridized carbons (Fsp3) is 0.364. The zero-order valence-electron chi connectivity index (χ0n) is 9.53. The Bertz CT molecular complexity index is 508. The van der Waals surface area contributed by atoms with Gasteiger partial charge in [-0.25, -0.2) is 4.79 Å². The number of nitrogens with one attached hydrogen (secondary N) is 1. The summed E-state index contributed by atoms with van der Waals surface area (Å²) in [4.78, 5) is 22.2. The summed E-state index contributed by atoms with van der Waals surface area (Å²) >= 11 is 0. The first-order valence-corrected chi connectivity index (χ1v) is 5.16. The van der Waals surface area contributed by atoms with Gasteiger partial charge in [-0.15, -0.1) is 0 Å². The second kappa shape index (κ2) is 4.04. The highest BCUT2D eigenvalue weighted by atomic mass is 16.5. The molecule has 17 heavy (non-hydrogen) atoms. The zero-order chi connectivity index (χ0) is 12.6. The molecule has 1 aromatic heterocycles. The van der Waals surface area contributed by atoms with Crippen LogP contribution in [-0.4, -0.2) is 22.1 Å². The average Bonchev–Trinajstić information content (AvgIpc) is 2.76. The standard InChI is InChI=1S/C11H12N2O4/c1-5-7(6(2)17-13-5)3-9-8(11(15)16)4-10(14)12-9/h3-4H2,1-2H3,(H,12,14)(H,15,16). The lowest BCUT2D eigenvalue weighted by molar-refractivity contribution is -0.133. The van der Waals surface area contributed by atoms with E-state index in [9.17, 15) is 9.59 Å². The van der Waals surface area contributed by atoms with E-state index < -0.39 is 5.97 Å². The number of carboxylic acid groups (broad SMARTS) is 1. The molecule has 0 bridgehead atoms. The second-order valence-electron chi connectivity index (χ2n) is 3.97. The van der Waals surface area contributed by atoms with Crippen molar-refractivity contribution in [2.45, 2.75) is 26.7 Å². The van der Waals surface area contributed by atoms with Gasteiger partial charge in [0.05, 0.1) is 17.7 Å². The number of allylic oxidation sites excluding steroid dienone is 1. The molecule has 0 fully saturated rings. The van der Waals surface area contributed by atoms with Crippen LogP contribution in [0.3, 0.4) is 0 Å². The van der Waals surface area contributed by atoms with E-state index in [1.54, 1.807) is 13.8 Å². The molecule has 2 rings (SSSR count). The molecule has 0 saturated carbocycles. The number of hydrogen-bond acceptors (Lipinski definition) is 4. The highest BCUT2D eigenvalue weighted by Gasteiger charge is 2.27. The van der Waals surface area contributed by atoms with Gasteiger partial charge in [0.15, 0.2) is 0 Å². The molecule has 0 unspecified atom stereocenters. The van der Waals surface area contributed by atoms with Crippen molar-refractivity contribution in [2.75, 3.05) is 0 Å². The fourth-order valence-electron chi connectivity index (χ4n) is 1.84. The number of amides is 1. The molecule has 1 aliphatic heterocycles. The van der Waals surface area contributed by atoms with E-state index >= 15 is 0 Å². The molecule has 0 aliphatic carbocycles.